The van der Waals surface area contributed by atoms with Crippen molar-refractivity contribution in [3.63, 3.8) is 0 Å². The molecule has 5 nitrogen and oxygen atoms in total. The van der Waals surface area contributed by atoms with E-state index in [4.69, 9.17) is 4.74 Å². The van der Waals surface area contributed by atoms with E-state index in [0.717, 1.165) is 29.0 Å². The quantitative estimate of drug-likeness (QED) is 0.658. The fourth-order valence-corrected chi connectivity index (χ4v) is 2.96. The highest BCUT2D eigenvalue weighted by molar-refractivity contribution is 5.78. The van der Waals surface area contributed by atoms with Crippen molar-refractivity contribution in [2.24, 2.45) is 5.92 Å². The van der Waals surface area contributed by atoms with Gasteiger partial charge in [-0.1, -0.05) is 45.0 Å². The van der Waals surface area contributed by atoms with E-state index in [1.165, 1.54) is 5.56 Å². The van der Waals surface area contributed by atoms with Crippen molar-refractivity contribution in [3.05, 3.63) is 59.9 Å². The molecule has 1 heterocycles. The number of aromatic nitrogens is 2. The van der Waals surface area contributed by atoms with Crippen LogP contribution in [0.4, 0.5) is 0 Å². The second-order valence-corrected chi connectivity index (χ2v) is 6.89. The fraction of sp³-hybridized carbons (Fsp3) is 0.364. The van der Waals surface area contributed by atoms with Gasteiger partial charge in [-0.15, -0.1) is 0 Å². The van der Waals surface area contributed by atoms with Crippen LogP contribution in [0.25, 0.3) is 11.0 Å². The van der Waals surface area contributed by atoms with Crippen molar-refractivity contribution in [3.8, 4) is 5.75 Å². The Hall–Kier alpha value is -2.82. The third-order valence-electron chi connectivity index (χ3n) is 4.59. The number of para-hydroxylation sites is 2. The molecule has 1 N–H and O–H groups in total. The monoisotopic (exact) mass is 365 g/mol. The number of carbonyl (C=O) groups is 1. The lowest BCUT2D eigenvalue weighted by Crippen LogP contribution is -2.28. The van der Waals surface area contributed by atoms with Crippen LogP contribution in [0.5, 0.6) is 5.75 Å². The van der Waals surface area contributed by atoms with E-state index in [0.29, 0.717) is 19.7 Å². The first-order valence-electron chi connectivity index (χ1n) is 9.52. The van der Waals surface area contributed by atoms with Crippen molar-refractivity contribution >= 4 is 16.9 Å². The van der Waals surface area contributed by atoms with Crippen molar-refractivity contribution in [1.82, 2.24) is 14.9 Å². The Labute approximate surface area is 160 Å². The van der Waals surface area contributed by atoms with Gasteiger partial charge < -0.3 is 14.6 Å². The summed E-state index contributed by atoms with van der Waals surface area (Å²) >= 11 is 0. The predicted octanol–water partition coefficient (Wildman–Crippen LogP) is 3.95. The van der Waals surface area contributed by atoms with Gasteiger partial charge in [-0.25, -0.2) is 4.98 Å². The number of fused-ring (bicyclic) bond motifs is 1. The van der Waals surface area contributed by atoms with E-state index < -0.39 is 0 Å². The minimum Gasteiger partial charge on any atom is -0.492 e. The van der Waals surface area contributed by atoms with E-state index in [1.54, 1.807) is 0 Å². The first kappa shape index (κ1) is 19.0. The van der Waals surface area contributed by atoms with Crippen molar-refractivity contribution in [2.45, 2.75) is 40.3 Å². The van der Waals surface area contributed by atoms with Gasteiger partial charge in [0.15, 0.2) is 0 Å². The standard InChI is InChI=1S/C22H27N3O2/c1-4-17-9-11-18(12-10-17)27-14-13-25-20-8-6-5-7-19(20)24-21(25)15-23-22(26)16(2)3/h5-12,16H,4,13-15H2,1-3H3,(H,23,26). The number of nitrogens with one attached hydrogen (secondary N) is 1. The number of carbonyl (C=O) groups excluding carboxylic acids is 1. The second-order valence-electron chi connectivity index (χ2n) is 6.89. The third-order valence-corrected chi connectivity index (χ3v) is 4.59. The van der Waals surface area contributed by atoms with Crippen LogP contribution >= 0.6 is 0 Å². The maximum Gasteiger partial charge on any atom is 0.222 e. The Bertz CT molecular complexity index is 898. The van der Waals surface area contributed by atoms with Crippen LogP contribution in [0.1, 0.15) is 32.2 Å². The maximum atomic E-state index is 11.9. The molecule has 0 saturated heterocycles. The molecule has 0 spiro atoms. The lowest BCUT2D eigenvalue weighted by Gasteiger charge is -2.12. The number of ether oxygens (including phenoxy) is 1. The molecule has 0 aliphatic carbocycles. The lowest BCUT2D eigenvalue weighted by molar-refractivity contribution is -0.124. The van der Waals surface area contributed by atoms with Crippen LogP contribution in [0.2, 0.25) is 0 Å². The molecule has 0 aliphatic rings. The largest absolute Gasteiger partial charge is 0.492 e. The Kier molecular flexibility index (Phi) is 6.12. The smallest absolute Gasteiger partial charge is 0.222 e. The lowest BCUT2D eigenvalue weighted by atomic mass is 10.2. The van der Waals surface area contributed by atoms with Gasteiger partial charge in [0.05, 0.1) is 24.1 Å². The molecule has 1 aromatic heterocycles. The third kappa shape index (κ3) is 4.67. The van der Waals surface area contributed by atoms with Crippen LogP contribution in [-0.2, 0) is 24.3 Å². The fourth-order valence-electron chi connectivity index (χ4n) is 2.96. The van der Waals surface area contributed by atoms with E-state index in [2.05, 4.69) is 33.9 Å². The number of nitrogens with zero attached hydrogens (tertiary/aromatic N) is 2. The zero-order valence-electron chi connectivity index (χ0n) is 16.2. The molecule has 0 fully saturated rings. The molecule has 1 amide bonds. The van der Waals surface area contributed by atoms with Crippen LogP contribution in [-0.4, -0.2) is 22.1 Å². The molecule has 0 aliphatic heterocycles. The first-order chi connectivity index (χ1) is 13.1. The molecule has 2 aromatic carbocycles. The Balaban J connectivity index is 1.71. The zero-order chi connectivity index (χ0) is 19.2. The summed E-state index contributed by atoms with van der Waals surface area (Å²) in [5.41, 5.74) is 3.28. The van der Waals surface area contributed by atoms with Gasteiger partial charge in [-0.05, 0) is 36.2 Å². The van der Waals surface area contributed by atoms with E-state index in [-0.39, 0.29) is 11.8 Å². The molecule has 3 rings (SSSR count). The summed E-state index contributed by atoms with van der Waals surface area (Å²) in [4.78, 5) is 16.6. The highest BCUT2D eigenvalue weighted by Gasteiger charge is 2.13. The first-order valence-corrected chi connectivity index (χ1v) is 9.52. The van der Waals surface area contributed by atoms with Crippen molar-refractivity contribution < 1.29 is 9.53 Å². The van der Waals surface area contributed by atoms with Crippen LogP contribution in [0.15, 0.2) is 48.5 Å². The van der Waals surface area contributed by atoms with Gasteiger partial charge in [-0.2, -0.15) is 0 Å². The minimum atomic E-state index is -0.0442. The summed E-state index contributed by atoms with van der Waals surface area (Å²) in [6.07, 6.45) is 1.02. The number of hydrogen-bond donors (Lipinski definition) is 1. The van der Waals surface area contributed by atoms with Gasteiger partial charge in [0.25, 0.3) is 0 Å². The zero-order valence-corrected chi connectivity index (χ0v) is 16.2. The van der Waals surface area contributed by atoms with Crippen molar-refractivity contribution in [1.29, 1.82) is 0 Å². The van der Waals surface area contributed by atoms with E-state index >= 15 is 0 Å². The molecule has 0 bridgehead atoms. The Morgan fingerprint density at radius 3 is 2.59 bits per heavy atom. The van der Waals surface area contributed by atoms with Crippen LogP contribution < -0.4 is 10.1 Å². The highest BCUT2D eigenvalue weighted by Crippen LogP contribution is 2.17. The molecular formula is C22H27N3O2. The molecular weight excluding hydrogens is 338 g/mol. The molecule has 0 unspecified atom stereocenters. The van der Waals surface area contributed by atoms with E-state index in [1.807, 2.05) is 50.2 Å². The molecule has 0 saturated carbocycles. The topological polar surface area (TPSA) is 56.1 Å². The summed E-state index contributed by atoms with van der Waals surface area (Å²) in [5.74, 6) is 1.69. The SMILES string of the molecule is CCc1ccc(OCCn2c(CNC(=O)C(C)C)nc3ccccc32)cc1. The predicted molar refractivity (Wildman–Crippen MR) is 108 cm³/mol. The number of benzene rings is 2. The van der Waals surface area contributed by atoms with Gasteiger partial charge in [0.1, 0.15) is 18.2 Å². The molecule has 0 radical (unpaired) electrons. The van der Waals surface area contributed by atoms with Gasteiger partial charge in [-0.3, -0.25) is 4.79 Å². The summed E-state index contributed by atoms with van der Waals surface area (Å²) < 4.78 is 8.03. The second kappa shape index (κ2) is 8.71. The molecule has 0 atom stereocenters. The summed E-state index contributed by atoms with van der Waals surface area (Å²) in [5, 5.41) is 2.96. The highest BCUT2D eigenvalue weighted by atomic mass is 16.5. The number of rotatable bonds is 8. The van der Waals surface area contributed by atoms with Gasteiger partial charge in [0, 0.05) is 5.92 Å². The molecule has 3 aromatic rings. The summed E-state index contributed by atoms with van der Waals surface area (Å²) in [7, 11) is 0. The number of amides is 1. The number of hydrogen-bond acceptors (Lipinski definition) is 3. The molecule has 5 heteroatoms. The van der Waals surface area contributed by atoms with E-state index in [9.17, 15) is 4.79 Å². The van der Waals surface area contributed by atoms with Crippen molar-refractivity contribution in [2.75, 3.05) is 6.61 Å². The van der Waals surface area contributed by atoms with Gasteiger partial charge in [0.2, 0.25) is 5.91 Å². The average Bonchev–Trinajstić information content (AvgIpc) is 3.04. The van der Waals surface area contributed by atoms with Crippen LogP contribution in [0.3, 0.4) is 0 Å². The van der Waals surface area contributed by atoms with Gasteiger partial charge >= 0.3 is 0 Å². The normalized spacial score (nSPS) is 11.1. The number of imidazole rings is 1. The summed E-state index contributed by atoms with van der Waals surface area (Å²) in [6, 6.07) is 16.2. The molecule has 142 valence electrons. The Morgan fingerprint density at radius 1 is 1.15 bits per heavy atom. The molecule has 27 heavy (non-hydrogen) atoms. The average molecular weight is 365 g/mol. The minimum absolute atomic E-state index is 0.0286. The number of aryl methyl sites for hydroxylation is 1. The Morgan fingerprint density at radius 2 is 1.89 bits per heavy atom. The maximum absolute atomic E-state index is 11.9. The van der Waals surface area contributed by atoms with Crippen LogP contribution in [0, 0.1) is 5.92 Å². The summed E-state index contributed by atoms with van der Waals surface area (Å²) in [6.45, 7) is 7.53.